The van der Waals surface area contributed by atoms with Crippen LogP contribution in [0.25, 0.3) is 0 Å². The van der Waals surface area contributed by atoms with Gasteiger partial charge in [-0.1, -0.05) is 29.8 Å². The second-order valence-corrected chi connectivity index (χ2v) is 10.7. The lowest BCUT2D eigenvalue weighted by molar-refractivity contribution is -0.141. The van der Waals surface area contributed by atoms with E-state index in [0.29, 0.717) is 48.9 Å². The summed E-state index contributed by atoms with van der Waals surface area (Å²) < 4.78 is 19.5. The normalized spacial score (nSPS) is 24.1. The number of likely N-dealkylation sites (N-methyl/N-ethyl adjacent to an activating group) is 1. The van der Waals surface area contributed by atoms with E-state index in [1.165, 1.54) is 17.0 Å². The van der Waals surface area contributed by atoms with E-state index in [1.807, 2.05) is 6.07 Å². The molecule has 2 aliphatic rings. The number of ether oxygens (including phenoxy) is 1. The number of carbonyl (C=O) groups is 3. The molecule has 0 aromatic heterocycles. The molecule has 1 aliphatic carbocycles. The maximum Gasteiger partial charge on any atom is 0.243 e. The van der Waals surface area contributed by atoms with Gasteiger partial charge in [-0.3, -0.25) is 14.4 Å². The first-order valence-corrected chi connectivity index (χ1v) is 13.8. The summed E-state index contributed by atoms with van der Waals surface area (Å²) in [6.45, 7) is 2.84. The predicted octanol–water partition coefficient (Wildman–Crippen LogP) is 2.86. The average molecular weight is 559 g/mol. The van der Waals surface area contributed by atoms with E-state index in [-0.39, 0.29) is 30.0 Å². The van der Waals surface area contributed by atoms with Gasteiger partial charge in [0.25, 0.3) is 0 Å². The Morgan fingerprint density at radius 1 is 1.05 bits per heavy atom. The third kappa shape index (κ3) is 7.92. The molecule has 39 heavy (non-hydrogen) atoms. The van der Waals surface area contributed by atoms with E-state index in [0.717, 1.165) is 18.4 Å². The van der Waals surface area contributed by atoms with E-state index in [4.69, 9.17) is 16.3 Å². The van der Waals surface area contributed by atoms with Gasteiger partial charge in [-0.05, 0) is 73.9 Å². The van der Waals surface area contributed by atoms with Crippen LogP contribution in [0.5, 0.6) is 5.75 Å². The van der Waals surface area contributed by atoms with E-state index in [1.54, 1.807) is 38.2 Å². The number of amides is 3. The summed E-state index contributed by atoms with van der Waals surface area (Å²) in [5.41, 5.74) is 1.67. The molecule has 4 rings (SSSR count). The summed E-state index contributed by atoms with van der Waals surface area (Å²) in [6, 6.07) is 9.21. The topological polar surface area (TPSA) is 99.8 Å². The number of fused-ring (bicyclic) bond motifs is 1. The molecule has 3 N–H and O–H groups in total. The van der Waals surface area contributed by atoms with Crippen LogP contribution in [0.15, 0.2) is 42.5 Å². The standard InChI is InChI=1S/C29H36ClFN4O4/c1-18-27(36)34-24(16-19-5-11-23(31)12-6-19)28(37)33-13-3-4-20-9-10-22(30)17-25(20)39-15-14-32-26(21-7-8-21)29(38)35(18)2/h5-6,9-12,17-18,21,24,26,32H,3-4,7-8,13-16H2,1-2H3,(H,33,37)(H,34,36)/t18-,24-,26+/m1/s1. The molecular weight excluding hydrogens is 523 g/mol. The highest BCUT2D eigenvalue weighted by atomic mass is 35.5. The summed E-state index contributed by atoms with van der Waals surface area (Å²) in [5, 5.41) is 9.63. The van der Waals surface area contributed by atoms with Crippen LogP contribution in [-0.4, -0.2) is 67.5 Å². The summed E-state index contributed by atoms with van der Waals surface area (Å²) in [4.78, 5) is 41.2. The fourth-order valence-corrected chi connectivity index (χ4v) is 4.85. The minimum Gasteiger partial charge on any atom is -0.492 e. The van der Waals surface area contributed by atoms with Gasteiger partial charge in [-0.15, -0.1) is 0 Å². The highest BCUT2D eigenvalue weighted by Gasteiger charge is 2.39. The first-order chi connectivity index (χ1) is 18.7. The second kappa shape index (κ2) is 13.3. The Balaban J connectivity index is 1.55. The Kier molecular flexibility index (Phi) is 9.80. The molecule has 8 nitrogen and oxygen atoms in total. The fourth-order valence-electron chi connectivity index (χ4n) is 4.69. The summed E-state index contributed by atoms with van der Waals surface area (Å²) in [5.74, 6) is -0.449. The third-order valence-corrected chi connectivity index (χ3v) is 7.56. The maximum atomic E-state index is 13.4. The number of carbonyl (C=O) groups excluding carboxylic acids is 3. The molecule has 3 atom stereocenters. The van der Waals surface area contributed by atoms with Crippen LogP contribution in [0.4, 0.5) is 4.39 Å². The van der Waals surface area contributed by atoms with Crippen LogP contribution in [0.2, 0.25) is 5.02 Å². The van der Waals surface area contributed by atoms with Gasteiger partial charge >= 0.3 is 0 Å². The van der Waals surface area contributed by atoms with Crippen LogP contribution in [0.1, 0.15) is 37.3 Å². The van der Waals surface area contributed by atoms with Crippen molar-refractivity contribution in [2.24, 2.45) is 5.92 Å². The zero-order valence-electron chi connectivity index (χ0n) is 22.3. The predicted molar refractivity (Wildman–Crippen MR) is 147 cm³/mol. The first-order valence-electron chi connectivity index (χ1n) is 13.5. The lowest BCUT2D eigenvalue weighted by atomic mass is 10.0. The lowest BCUT2D eigenvalue weighted by Gasteiger charge is -2.30. The Bertz CT molecular complexity index is 1170. The highest BCUT2D eigenvalue weighted by Crippen LogP contribution is 2.33. The Morgan fingerprint density at radius 3 is 2.51 bits per heavy atom. The van der Waals surface area contributed by atoms with Gasteiger partial charge in [-0.25, -0.2) is 4.39 Å². The van der Waals surface area contributed by atoms with Crippen LogP contribution in [0.3, 0.4) is 0 Å². The van der Waals surface area contributed by atoms with Crippen molar-refractivity contribution in [3.8, 4) is 5.75 Å². The lowest BCUT2D eigenvalue weighted by Crippen LogP contribution is -2.56. The molecule has 1 heterocycles. The average Bonchev–Trinajstić information content (AvgIpc) is 3.76. The summed E-state index contributed by atoms with van der Waals surface area (Å²) in [6.07, 6.45) is 3.37. The molecule has 1 fully saturated rings. The monoisotopic (exact) mass is 558 g/mol. The molecule has 2 aromatic rings. The molecule has 0 unspecified atom stereocenters. The highest BCUT2D eigenvalue weighted by molar-refractivity contribution is 6.30. The van der Waals surface area contributed by atoms with Crippen molar-refractivity contribution >= 4 is 29.3 Å². The van der Waals surface area contributed by atoms with Crippen molar-refractivity contribution < 1.29 is 23.5 Å². The fraction of sp³-hybridized carbons (Fsp3) is 0.483. The van der Waals surface area contributed by atoms with Gasteiger partial charge in [0.1, 0.15) is 30.3 Å². The number of aryl methyl sites for hydroxylation is 1. The molecule has 210 valence electrons. The van der Waals surface area contributed by atoms with E-state index in [2.05, 4.69) is 16.0 Å². The second-order valence-electron chi connectivity index (χ2n) is 10.3. The number of benzene rings is 2. The minimum atomic E-state index is -0.889. The Hall–Kier alpha value is -3.17. The molecule has 1 saturated carbocycles. The third-order valence-electron chi connectivity index (χ3n) is 7.33. The summed E-state index contributed by atoms with van der Waals surface area (Å²) >= 11 is 6.21. The number of hydrogen-bond acceptors (Lipinski definition) is 5. The molecule has 10 heteroatoms. The van der Waals surface area contributed by atoms with Gasteiger partial charge in [0.15, 0.2) is 0 Å². The Labute approximate surface area is 233 Å². The van der Waals surface area contributed by atoms with Crippen LogP contribution >= 0.6 is 11.6 Å². The molecule has 2 aromatic carbocycles. The molecule has 0 radical (unpaired) electrons. The van der Waals surface area contributed by atoms with Gasteiger partial charge < -0.3 is 25.6 Å². The SMILES string of the molecule is C[C@@H]1C(=O)N[C@H](Cc2ccc(F)cc2)C(=O)NCCCc2ccc(Cl)cc2OCCN[C@@H](C2CC2)C(=O)N1C. The van der Waals surface area contributed by atoms with Gasteiger partial charge in [0.2, 0.25) is 17.7 Å². The van der Waals surface area contributed by atoms with Crippen molar-refractivity contribution in [3.63, 3.8) is 0 Å². The van der Waals surface area contributed by atoms with Crippen LogP contribution in [-0.2, 0) is 27.2 Å². The van der Waals surface area contributed by atoms with Gasteiger partial charge in [0, 0.05) is 31.6 Å². The Morgan fingerprint density at radius 2 is 1.79 bits per heavy atom. The van der Waals surface area contributed by atoms with Crippen molar-refractivity contribution in [2.45, 2.75) is 57.2 Å². The number of halogens is 2. The molecular formula is C29H36ClFN4O4. The zero-order valence-corrected chi connectivity index (χ0v) is 23.1. The zero-order chi connectivity index (χ0) is 27.9. The molecule has 0 spiro atoms. The largest absolute Gasteiger partial charge is 0.492 e. The maximum absolute atomic E-state index is 13.4. The molecule has 1 aliphatic heterocycles. The van der Waals surface area contributed by atoms with Crippen LogP contribution in [0, 0.1) is 11.7 Å². The van der Waals surface area contributed by atoms with Gasteiger partial charge in [-0.2, -0.15) is 0 Å². The molecule has 0 saturated heterocycles. The van der Waals surface area contributed by atoms with Crippen LogP contribution < -0.4 is 20.7 Å². The van der Waals surface area contributed by atoms with Crippen molar-refractivity contribution in [1.82, 2.24) is 20.9 Å². The minimum absolute atomic E-state index is 0.177. The quantitative estimate of drug-likeness (QED) is 0.538. The molecule has 0 bridgehead atoms. The van der Waals surface area contributed by atoms with E-state index in [9.17, 15) is 18.8 Å². The van der Waals surface area contributed by atoms with Crippen molar-refractivity contribution in [2.75, 3.05) is 26.7 Å². The number of nitrogens with zero attached hydrogens (tertiary/aromatic N) is 1. The van der Waals surface area contributed by atoms with Crippen molar-refractivity contribution in [3.05, 3.63) is 64.4 Å². The molecule has 3 amide bonds. The van der Waals surface area contributed by atoms with E-state index < -0.39 is 24.0 Å². The smallest absolute Gasteiger partial charge is 0.243 e. The number of nitrogens with one attached hydrogen (secondary N) is 3. The van der Waals surface area contributed by atoms with Crippen molar-refractivity contribution in [1.29, 1.82) is 0 Å². The first kappa shape index (κ1) is 28.8. The summed E-state index contributed by atoms with van der Waals surface area (Å²) in [7, 11) is 1.60. The van der Waals surface area contributed by atoms with Gasteiger partial charge in [0.05, 0.1) is 6.04 Å². The number of hydrogen-bond donors (Lipinski definition) is 3. The van der Waals surface area contributed by atoms with E-state index >= 15 is 0 Å². The number of rotatable bonds is 3.